The topological polar surface area (TPSA) is 50.4 Å². The van der Waals surface area contributed by atoms with Gasteiger partial charge in [0, 0.05) is 12.1 Å². The standard InChI is InChI=1S/C16H23BrN2O2S/c1-3-5-6-7-10-21-14-9-8-12(11-13(14)17)15(20)19-16(22)18-4-2/h8-9,11H,3-7,10H2,1-2H3,(H2,18,19,20,22). The number of benzene rings is 1. The van der Waals surface area contributed by atoms with Crippen molar-refractivity contribution in [2.75, 3.05) is 13.2 Å². The smallest absolute Gasteiger partial charge is 0.257 e. The molecule has 0 saturated carbocycles. The number of hydrogen-bond donors (Lipinski definition) is 2. The van der Waals surface area contributed by atoms with E-state index in [1.54, 1.807) is 18.2 Å². The van der Waals surface area contributed by atoms with Crippen LogP contribution in [0.5, 0.6) is 5.75 Å². The average molecular weight is 387 g/mol. The molecule has 0 aliphatic carbocycles. The van der Waals surface area contributed by atoms with Crippen molar-refractivity contribution in [3.8, 4) is 5.75 Å². The molecule has 2 N–H and O–H groups in total. The van der Waals surface area contributed by atoms with Gasteiger partial charge >= 0.3 is 0 Å². The van der Waals surface area contributed by atoms with Gasteiger partial charge in [-0.25, -0.2) is 0 Å². The molecule has 1 rings (SSSR count). The quantitative estimate of drug-likeness (QED) is 0.522. The van der Waals surface area contributed by atoms with Gasteiger partial charge in [0.25, 0.3) is 5.91 Å². The zero-order valence-corrected chi connectivity index (χ0v) is 15.5. The number of rotatable bonds is 8. The van der Waals surface area contributed by atoms with Crippen molar-refractivity contribution in [1.29, 1.82) is 0 Å². The highest BCUT2D eigenvalue weighted by Crippen LogP contribution is 2.26. The fraction of sp³-hybridized carbons (Fsp3) is 0.500. The minimum atomic E-state index is -0.235. The summed E-state index contributed by atoms with van der Waals surface area (Å²) in [6.07, 6.45) is 4.66. The monoisotopic (exact) mass is 386 g/mol. The van der Waals surface area contributed by atoms with Gasteiger partial charge in [0.1, 0.15) is 5.75 Å². The Morgan fingerprint density at radius 3 is 2.68 bits per heavy atom. The molecule has 1 amide bonds. The molecule has 0 unspecified atom stereocenters. The maximum atomic E-state index is 12.0. The first-order valence-corrected chi connectivity index (χ1v) is 8.80. The minimum absolute atomic E-state index is 0.235. The summed E-state index contributed by atoms with van der Waals surface area (Å²) in [4.78, 5) is 12.0. The van der Waals surface area contributed by atoms with Gasteiger partial charge in [-0.15, -0.1) is 0 Å². The summed E-state index contributed by atoms with van der Waals surface area (Å²) in [5, 5.41) is 5.84. The highest BCUT2D eigenvalue weighted by molar-refractivity contribution is 9.10. The lowest BCUT2D eigenvalue weighted by Gasteiger charge is -2.11. The van der Waals surface area contributed by atoms with Crippen molar-refractivity contribution >= 4 is 39.2 Å². The van der Waals surface area contributed by atoms with Crippen molar-refractivity contribution in [2.45, 2.75) is 39.5 Å². The number of hydrogen-bond acceptors (Lipinski definition) is 3. The van der Waals surface area contributed by atoms with E-state index in [4.69, 9.17) is 17.0 Å². The van der Waals surface area contributed by atoms with Crippen molar-refractivity contribution in [2.24, 2.45) is 0 Å². The molecule has 0 aromatic heterocycles. The van der Waals surface area contributed by atoms with E-state index in [1.165, 1.54) is 19.3 Å². The molecule has 4 nitrogen and oxygen atoms in total. The molecule has 0 atom stereocenters. The average Bonchev–Trinajstić information content (AvgIpc) is 2.48. The van der Waals surface area contributed by atoms with E-state index in [-0.39, 0.29) is 5.91 Å². The molecule has 0 bridgehead atoms. The minimum Gasteiger partial charge on any atom is -0.492 e. The molecule has 0 radical (unpaired) electrons. The number of halogens is 1. The number of ether oxygens (including phenoxy) is 1. The van der Waals surface area contributed by atoms with Gasteiger partial charge in [-0.2, -0.15) is 0 Å². The molecular weight excluding hydrogens is 364 g/mol. The lowest BCUT2D eigenvalue weighted by molar-refractivity contribution is 0.0976. The molecule has 0 spiro atoms. The van der Waals surface area contributed by atoms with Gasteiger partial charge < -0.3 is 10.1 Å². The summed E-state index contributed by atoms with van der Waals surface area (Å²) >= 11 is 8.44. The molecule has 1 aromatic carbocycles. The Morgan fingerprint density at radius 1 is 1.27 bits per heavy atom. The van der Waals surface area contributed by atoms with E-state index in [1.807, 2.05) is 6.92 Å². The van der Waals surface area contributed by atoms with Crippen LogP contribution in [-0.4, -0.2) is 24.2 Å². The van der Waals surface area contributed by atoms with Gasteiger partial charge in [0.05, 0.1) is 11.1 Å². The second kappa shape index (κ2) is 10.6. The SMILES string of the molecule is CCCCCCOc1ccc(C(=O)NC(=S)NCC)cc1Br. The molecule has 0 heterocycles. The summed E-state index contributed by atoms with van der Waals surface area (Å²) < 4.78 is 6.49. The van der Waals surface area contributed by atoms with E-state index in [2.05, 4.69) is 33.5 Å². The predicted molar refractivity (Wildman–Crippen MR) is 97.5 cm³/mol. The number of nitrogens with one attached hydrogen (secondary N) is 2. The first kappa shape index (κ1) is 18.9. The van der Waals surface area contributed by atoms with Crippen molar-refractivity contribution in [3.05, 3.63) is 28.2 Å². The summed E-state index contributed by atoms with van der Waals surface area (Å²) in [7, 11) is 0. The molecule has 0 saturated heterocycles. The molecule has 6 heteroatoms. The van der Waals surface area contributed by atoms with Crippen LogP contribution < -0.4 is 15.4 Å². The Labute approximate surface area is 146 Å². The lowest BCUT2D eigenvalue weighted by Crippen LogP contribution is -2.39. The fourth-order valence-corrected chi connectivity index (χ4v) is 2.58. The summed E-state index contributed by atoms with van der Waals surface area (Å²) in [6.45, 7) is 5.47. The molecule has 1 aromatic rings. The van der Waals surface area contributed by atoms with Gasteiger partial charge in [-0.05, 0) is 59.7 Å². The van der Waals surface area contributed by atoms with Crippen LogP contribution in [0.4, 0.5) is 0 Å². The number of carbonyl (C=O) groups excluding carboxylic acids is 1. The Morgan fingerprint density at radius 2 is 2.05 bits per heavy atom. The first-order chi connectivity index (χ1) is 10.6. The first-order valence-electron chi connectivity index (χ1n) is 7.60. The van der Waals surface area contributed by atoms with Crippen LogP contribution in [-0.2, 0) is 0 Å². The van der Waals surface area contributed by atoms with Crippen LogP contribution in [0.2, 0.25) is 0 Å². The Bertz CT molecular complexity index is 509. The van der Waals surface area contributed by atoms with Crippen LogP contribution in [0.25, 0.3) is 0 Å². The normalized spacial score (nSPS) is 10.1. The van der Waals surface area contributed by atoms with E-state index in [0.29, 0.717) is 23.8 Å². The maximum Gasteiger partial charge on any atom is 0.257 e. The van der Waals surface area contributed by atoms with Crippen LogP contribution in [0.3, 0.4) is 0 Å². The third-order valence-corrected chi connectivity index (χ3v) is 3.88. The summed E-state index contributed by atoms with van der Waals surface area (Å²) in [5.41, 5.74) is 0.533. The highest BCUT2D eigenvalue weighted by atomic mass is 79.9. The largest absolute Gasteiger partial charge is 0.492 e. The fourth-order valence-electron chi connectivity index (χ4n) is 1.85. The number of thiocarbonyl (C=S) groups is 1. The summed E-state index contributed by atoms with van der Waals surface area (Å²) in [6, 6.07) is 5.27. The molecule has 0 aliphatic heterocycles. The zero-order chi connectivity index (χ0) is 16.4. The van der Waals surface area contributed by atoms with Crippen LogP contribution in [0.15, 0.2) is 22.7 Å². The number of carbonyl (C=O) groups is 1. The van der Waals surface area contributed by atoms with Crippen molar-refractivity contribution in [3.63, 3.8) is 0 Å². The Balaban J connectivity index is 2.53. The Hall–Kier alpha value is -1.14. The second-order valence-electron chi connectivity index (χ2n) is 4.87. The Kier molecular flexibility index (Phi) is 9.08. The third kappa shape index (κ3) is 6.75. The third-order valence-electron chi connectivity index (χ3n) is 3.01. The zero-order valence-electron chi connectivity index (χ0n) is 13.1. The predicted octanol–water partition coefficient (Wildman–Crippen LogP) is 4.03. The van der Waals surface area contributed by atoms with Gasteiger partial charge in [-0.3, -0.25) is 10.1 Å². The van der Waals surface area contributed by atoms with Gasteiger partial charge in [0.2, 0.25) is 0 Å². The molecule has 122 valence electrons. The van der Waals surface area contributed by atoms with E-state index < -0.39 is 0 Å². The molecule has 0 aliphatic rings. The van der Waals surface area contributed by atoms with Crippen LogP contribution in [0, 0.1) is 0 Å². The molecular formula is C16H23BrN2O2S. The van der Waals surface area contributed by atoms with Crippen molar-refractivity contribution < 1.29 is 9.53 Å². The second-order valence-corrected chi connectivity index (χ2v) is 6.13. The summed E-state index contributed by atoms with van der Waals surface area (Å²) in [5.74, 6) is 0.517. The molecule has 0 fully saturated rings. The van der Waals surface area contributed by atoms with E-state index in [0.717, 1.165) is 16.6 Å². The maximum absolute atomic E-state index is 12.0. The number of amides is 1. The highest BCUT2D eigenvalue weighted by Gasteiger charge is 2.10. The molecule has 22 heavy (non-hydrogen) atoms. The number of unbranched alkanes of at least 4 members (excludes halogenated alkanes) is 3. The van der Waals surface area contributed by atoms with Crippen LogP contribution in [0.1, 0.15) is 49.9 Å². The van der Waals surface area contributed by atoms with Gasteiger partial charge in [-0.1, -0.05) is 26.2 Å². The van der Waals surface area contributed by atoms with Crippen molar-refractivity contribution in [1.82, 2.24) is 10.6 Å². The van der Waals surface area contributed by atoms with Crippen LogP contribution >= 0.6 is 28.1 Å². The van der Waals surface area contributed by atoms with E-state index >= 15 is 0 Å². The lowest BCUT2D eigenvalue weighted by atomic mass is 10.2. The van der Waals surface area contributed by atoms with Gasteiger partial charge in [0.15, 0.2) is 5.11 Å². The van der Waals surface area contributed by atoms with E-state index in [9.17, 15) is 4.79 Å².